The molecule has 0 unspecified atom stereocenters. The van der Waals surface area contributed by atoms with Crippen LogP contribution in [0.3, 0.4) is 0 Å². The van der Waals surface area contributed by atoms with E-state index in [4.69, 9.17) is 9.94 Å². The molecule has 1 amide bonds. The first-order chi connectivity index (χ1) is 10.2. The van der Waals surface area contributed by atoms with E-state index in [0.29, 0.717) is 12.3 Å². The highest BCUT2D eigenvalue weighted by Gasteiger charge is 2.07. The van der Waals surface area contributed by atoms with Crippen molar-refractivity contribution in [3.63, 3.8) is 0 Å². The molecular weight excluding hydrogens is 288 g/mol. The van der Waals surface area contributed by atoms with Crippen molar-refractivity contribution in [3.8, 4) is 5.75 Å². The zero-order valence-electron chi connectivity index (χ0n) is 12.7. The van der Waals surface area contributed by atoms with E-state index in [1.165, 1.54) is 0 Å². The van der Waals surface area contributed by atoms with Gasteiger partial charge in [0.1, 0.15) is 5.75 Å². The van der Waals surface area contributed by atoms with Crippen LogP contribution in [-0.2, 0) is 11.2 Å². The molecule has 21 heavy (non-hydrogen) atoms. The maximum atomic E-state index is 10.4. The van der Waals surface area contributed by atoms with E-state index in [9.17, 15) is 4.79 Å². The van der Waals surface area contributed by atoms with Gasteiger partial charge in [0, 0.05) is 24.9 Å². The fourth-order valence-corrected chi connectivity index (χ4v) is 2.82. The molecule has 1 rings (SSSR count). The predicted octanol–water partition coefficient (Wildman–Crippen LogP) is 2.64. The number of hydrogen-bond acceptors (Lipinski definition) is 5. The summed E-state index contributed by atoms with van der Waals surface area (Å²) in [5, 5.41) is 9.07. The van der Waals surface area contributed by atoms with Crippen molar-refractivity contribution in [2.24, 2.45) is 0 Å². The monoisotopic (exact) mass is 312 g/mol. The Bertz CT molecular complexity index is 429. The molecule has 0 spiro atoms. The van der Waals surface area contributed by atoms with Crippen LogP contribution in [0.1, 0.15) is 18.9 Å². The van der Waals surface area contributed by atoms with Gasteiger partial charge in [-0.05, 0) is 30.7 Å². The number of hydrogen-bond donors (Lipinski definition) is 2. The van der Waals surface area contributed by atoms with Crippen molar-refractivity contribution in [2.75, 3.05) is 37.2 Å². The lowest BCUT2D eigenvalue weighted by Gasteiger charge is -2.14. The van der Waals surface area contributed by atoms with Crippen molar-refractivity contribution in [2.45, 2.75) is 19.8 Å². The van der Waals surface area contributed by atoms with Crippen LogP contribution in [0.5, 0.6) is 5.75 Å². The highest BCUT2D eigenvalue weighted by atomic mass is 32.2. The summed E-state index contributed by atoms with van der Waals surface area (Å²) in [7, 11) is 1.78. The van der Waals surface area contributed by atoms with Crippen molar-refractivity contribution in [1.29, 1.82) is 0 Å². The maximum Gasteiger partial charge on any atom is 0.209 e. The van der Waals surface area contributed by atoms with Gasteiger partial charge in [-0.1, -0.05) is 13.0 Å². The summed E-state index contributed by atoms with van der Waals surface area (Å²) >= 11 is 1.82. The second-order valence-electron chi connectivity index (χ2n) is 4.65. The fourth-order valence-electron chi connectivity index (χ4n) is 1.88. The molecule has 0 heterocycles. The molecule has 0 fully saturated rings. The van der Waals surface area contributed by atoms with E-state index in [1.54, 1.807) is 11.9 Å². The molecule has 0 saturated carbocycles. The molecule has 6 heteroatoms. The minimum absolute atomic E-state index is 0.651. The Morgan fingerprint density at radius 1 is 1.43 bits per heavy atom. The minimum atomic E-state index is 0.651. The van der Waals surface area contributed by atoms with Gasteiger partial charge >= 0.3 is 0 Å². The number of rotatable bonds is 11. The number of anilines is 1. The predicted molar refractivity (Wildman–Crippen MR) is 87.4 cm³/mol. The summed E-state index contributed by atoms with van der Waals surface area (Å²) in [6, 6.07) is 5.61. The van der Waals surface area contributed by atoms with Crippen LogP contribution in [0.2, 0.25) is 0 Å². The number of nitrogens with zero attached hydrogens (tertiary/aromatic N) is 1. The molecule has 1 aromatic rings. The lowest BCUT2D eigenvalue weighted by Crippen LogP contribution is -2.18. The average Bonchev–Trinajstić information content (AvgIpc) is 2.53. The minimum Gasteiger partial charge on any atom is -0.493 e. The molecular formula is C15H24N2O3S. The lowest BCUT2D eigenvalue weighted by atomic mass is 10.1. The normalized spacial score (nSPS) is 10.2. The highest BCUT2D eigenvalue weighted by molar-refractivity contribution is 7.99. The zero-order valence-corrected chi connectivity index (χ0v) is 13.5. The van der Waals surface area contributed by atoms with Gasteiger partial charge in [0.25, 0.3) is 0 Å². The molecule has 0 aliphatic heterocycles. The van der Waals surface area contributed by atoms with Gasteiger partial charge in [0.05, 0.1) is 12.3 Å². The zero-order chi connectivity index (χ0) is 15.5. The number of carbonyl (C=O) groups is 1. The molecule has 0 aliphatic rings. The number of amides is 1. The van der Waals surface area contributed by atoms with E-state index in [-0.39, 0.29) is 0 Å². The largest absolute Gasteiger partial charge is 0.493 e. The van der Waals surface area contributed by atoms with Crippen molar-refractivity contribution >= 4 is 23.9 Å². The van der Waals surface area contributed by atoms with Gasteiger partial charge in [0.2, 0.25) is 6.41 Å². The Hall–Kier alpha value is -1.40. The van der Waals surface area contributed by atoms with Gasteiger partial charge in [-0.25, -0.2) is 0 Å². The van der Waals surface area contributed by atoms with E-state index < -0.39 is 0 Å². The number of thioether (sulfide) groups is 1. The standard InChI is InChI=1S/C15H24N2O3S/c1-3-13-14(16-19)6-4-7-15(13)20-9-5-10-21-11-8-17(2)12-18/h4,6-7,12,16,19H,3,5,8-11H2,1-2H3. The Balaban J connectivity index is 2.25. The summed E-state index contributed by atoms with van der Waals surface area (Å²) in [6.45, 7) is 3.46. The molecule has 0 saturated heterocycles. The van der Waals surface area contributed by atoms with Gasteiger partial charge in [-0.15, -0.1) is 0 Å². The first-order valence-corrected chi connectivity index (χ1v) is 8.26. The van der Waals surface area contributed by atoms with Crippen LogP contribution >= 0.6 is 11.8 Å². The third-order valence-corrected chi connectivity index (χ3v) is 4.11. The number of nitrogens with one attached hydrogen (secondary N) is 1. The van der Waals surface area contributed by atoms with E-state index in [1.807, 2.05) is 36.9 Å². The van der Waals surface area contributed by atoms with Crippen molar-refractivity contribution in [3.05, 3.63) is 23.8 Å². The molecule has 0 atom stereocenters. The van der Waals surface area contributed by atoms with Gasteiger partial charge in [-0.3, -0.25) is 15.5 Å². The molecule has 5 nitrogen and oxygen atoms in total. The summed E-state index contributed by atoms with van der Waals surface area (Å²) < 4.78 is 5.79. The lowest BCUT2D eigenvalue weighted by molar-refractivity contribution is -0.116. The third kappa shape index (κ3) is 6.27. The Morgan fingerprint density at radius 3 is 2.90 bits per heavy atom. The first-order valence-electron chi connectivity index (χ1n) is 7.11. The highest BCUT2D eigenvalue weighted by Crippen LogP contribution is 2.26. The Kier molecular flexibility index (Phi) is 8.69. The second-order valence-corrected chi connectivity index (χ2v) is 5.87. The number of benzene rings is 1. The summed E-state index contributed by atoms with van der Waals surface area (Å²) in [4.78, 5) is 12.1. The molecule has 1 aromatic carbocycles. The van der Waals surface area contributed by atoms with Gasteiger partial charge in [0.15, 0.2) is 0 Å². The second kappa shape index (κ2) is 10.3. The van der Waals surface area contributed by atoms with Crippen LogP contribution in [-0.4, -0.2) is 48.2 Å². The molecule has 2 N–H and O–H groups in total. The molecule has 0 bridgehead atoms. The number of carbonyl (C=O) groups excluding carboxylic acids is 1. The van der Waals surface area contributed by atoms with Gasteiger partial charge < -0.3 is 9.64 Å². The third-order valence-electron chi connectivity index (χ3n) is 3.07. The SMILES string of the molecule is CCc1c(NO)cccc1OCCCSCCN(C)C=O. The number of ether oxygens (including phenoxy) is 1. The summed E-state index contributed by atoms with van der Waals surface area (Å²) in [5.74, 6) is 2.77. The van der Waals surface area contributed by atoms with E-state index >= 15 is 0 Å². The van der Waals surface area contributed by atoms with Crippen molar-refractivity contribution in [1.82, 2.24) is 4.90 Å². The average molecular weight is 312 g/mol. The first kappa shape index (κ1) is 17.7. The summed E-state index contributed by atoms with van der Waals surface area (Å²) in [5.41, 5.74) is 3.89. The van der Waals surface area contributed by atoms with Crippen molar-refractivity contribution < 1.29 is 14.7 Å². The van der Waals surface area contributed by atoms with Crippen LogP contribution in [0.15, 0.2) is 18.2 Å². The molecule has 0 radical (unpaired) electrons. The van der Waals surface area contributed by atoms with E-state index in [2.05, 4.69) is 5.48 Å². The van der Waals surface area contributed by atoms with Gasteiger partial charge in [-0.2, -0.15) is 11.8 Å². The molecule has 0 aliphatic carbocycles. The van der Waals surface area contributed by atoms with Crippen LogP contribution in [0.25, 0.3) is 0 Å². The quantitative estimate of drug-likeness (QED) is 0.374. The molecule has 0 aromatic heterocycles. The van der Waals surface area contributed by atoms with Crippen LogP contribution in [0.4, 0.5) is 5.69 Å². The smallest absolute Gasteiger partial charge is 0.209 e. The Morgan fingerprint density at radius 2 is 2.24 bits per heavy atom. The Labute approximate surface area is 130 Å². The maximum absolute atomic E-state index is 10.4. The summed E-state index contributed by atoms with van der Waals surface area (Å²) in [6.07, 6.45) is 2.60. The van der Waals surface area contributed by atoms with Crippen LogP contribution < -0.4 is 10.2 Å². The topological polar surface area (TPSA) is 61.8 Å². The molecule has 118 valence electrons. The fraction of sp³-hybridized carbons (Fsp3) is 0.533. The van der Waals surface area contributed by atoms with Crippen LogP contribution in [0, 0.1) is 0 Å². The van der Waals surface area contributed by atoms with E-state index in [0.717, 1.165) is 48.6 Å².